The van der Waals surface area contributed by atoms with Crippen molar-refractivity contribution in [2.45, 2.75) is 49.7 Å². The molecule has 0 rings (SSSR count). The Kier molecular flexibility index (Phi) is 11.4. The summed E-state index contributed by atoms with van der Waals surface area (Å²) in [5.41, 5.74) is 0.0193. The molecule has 2 N–H and O–H groups in total. The fourth-order valence-corrected chi connectivity index (χ4v) is 2.08. The summed E-state index contributed by atoms with van der Waals surface area (Å²) >= 11 is 27.3. The normalized spacial score (nSPS) is 13.3. The van der Waals surface area contributed by atoms with Crippen LogP contribution in [0, 0.1) is 5.41 Å². The smallest absolute Gasteiger partial charge is 0.254 e. The number of aliphatic hydroxyl groups is 1. The molecule has 0 fully saturated rings. The van der Waals surface area contributed by atoms with Gasteiger partial charge in [0, 0.05) is 18.3 Å². The Morgan fingerprint density at radius 3 is 1.89 bits per heavy atom. The average Bonchev–Trinajstić information content (AvgIpc) is 2.15. The van der Waals surface area contributed by atoms with Gasteiger partial charge in [0.25, 0.3) is 5.17 Å². The predicted octanol–water partition coefficient (Wildman–Crippen LogP) is 5.23. The van der Waals surface area contributed by atoms with Crippen molar-refractivity contribution in [3.63, 3.8) is 0 Å². The second kappa shape index (κ2) is 9.71. The lowest BCUT2D eigenvalue weighted by molar-refractivity contribution is 0.322. The van der Waals surface area contributed by atoms with Gasteiger partial charge in [-0.05, 0) is 31.0 Å². The van der Waals surface area contributed by atoms with Crippen LogP contribution in [0.25, 0.3) is 0 Å². The zero-order valence-electron chi connectivity index (χ0n) is 11.1. The van der Waals surface area contributed by atoms with Crippen molar-refractivity contribution in [3.8, 4) is 0 Å². The Balaban J connectivity index is 0. The first-order chi connectivity index (χ1) is 7.96. The highest BCUT2D eigenvalue weighted by molar-refractivity contribution is 7.79. The van der Waals surface area contributed by atoms with E-state index in [1.807, 2.05) is 6.92 Å². The molecule has 18 heavy (non-hydrogen) atoms. The average molecular weight is 357 g/mol. The molecule has 0 saturated heterocycles. The Morgan fingerprint density at radius 1 is 1.28 bits per heavy atom. The van der Waals surface area contributed by atoms with E-state index in [9.17, 15) is 0 Å². The van der Waals surface area contributed by atoms with E-state index in [1.165, 1.54) is 0 Å². The van der Waals surface area contributed by atoms with Gasteiger partial charge >= 0.3 is 0 Å². The fraction of sp³-hybridized carbons (Fsp3) is 0.909. The lowest BCUT2D eigenvalue weighted by Crippen LogP contribution is -2.27. The van der Waals surface area contributed by atoms with Crippen molar-refractivity contribution in [1.82, 2.24) is 5.32 Å². The zero-order valence-corrected chi connectivity index (χ0v) is 14.9. The SMILES string of the molecule is CCC(C)(C)C(Cl)CC(Cl)(Cl)Cl.CCNC(O)=S. The van der Waals surface area contributed by atoms with Crippen LogP contribution in [-0.2, 0) is 0 Å². The van der Waals surface area contributed by atoms with Crippen LogP contribution in [-0.4, -0.2) is 26.0 Å². The van der Waals surface area contributed by atoms with Gasteiger partial charge in [0.1, 0.15) is 0 Å². The molecule has 0 aliphatic carbocycles. The maximum Gasteiger partial charge on any atom is 0.254 e. The Hall–Kier alpha value is 0.850. The fourth-order valence-electron chi connectivity index (χ4n) is 0.852. The van der Waals surface area contributed by atoms with Gasteiger partial charge in [0.05, 0.1) is 0 Å². The van der Waals surface area contributed by atoms with Crippen LogP contribution in [0.4, 0.5) is 0 Å². The highest BCUT2D eigenvalue weighted by Crippen LogP contribution is 2.40. The van der Waals surface area contributed by atoms with Crippen molar-refractivity contribution in [2.75, 3.05) is 6.54 Å². The molecule has 0 aromatic heterocycles. The lowest BCUT2D eigenvalue weighted by atomic mass is 9.85. The molecular formula is C11H21Cl4NOS. The first kappa shape index (κ1) is 21.2. The number of halogens is 4. The van der Waals surface area contributed by atoms with E-state index in [4.69, 9.17) is 51.5 Å². The van der Waals surface area contributed by atoms with Gasteiger partial charge in [0.2, 0.25) is 0 Å². The lowest BCUT2D eigenvalue weighted by Gasteiger charge is -2.30. The van der Waals surface area contributed by atoms with E-state index in [0.29, 0.717) is 13.0 Å². The molecule has 0 aromatic carbocycles. The minimum Gasteiger partial charge on any atom is -0.487 e. The van der Waals surface area contributed by atoms with E-state index < -0.39 is 3.79 Å². The summed E-state index contributed by atoms with van der Waals surface area (Å²) in [6, 6.07) is 0. The second-order valence-electron chi connectivity index (χ2n) is 4.46. The number of hydrogen-bond donors (Lipinski definition) is 2. The molecule has 0 aliphatic rings. The first-order valence-electron chi connectivity index (χ1n) is 5.63. The van der Waals surface area contributed by atoms with Crippen molar-refractivity contribution in [2.24, 2.45) is 5.41 Å². The third-order valence-corrected chi connectivity index (χ3v) is 3.85. The van der Waals surface area contributed by atoms with Crippen LogP contribution >= 0.6 is 58.6 Å². The van der Waals surface area contributed by atoms with E-state index in [2.05, 4.69) is 38.3 Å². The number of alkyl halides is 4. The standard InChI is InChI=1S/C8H14Cl4.C3H7NOS/c1-4-7(2,3)6(9)5-8(10,11)12;1-2-4-3(5)6/h6H,4-5H2,1-3H3;2H2,1H3,(H2,4,5,6). The van der Waals surface area contributed by atoms with Crippen LogP contribution in [0.1, 0.15) is 40.5 Å². The molecule has 0 bridgehead atoms. The second-order valence-corrected chi connectivity index (χ2v) is 7.89. The molecule has 1 atom stereocenters. The molecule has 1 unspecified atom stereocenters. The Bertz CT molecular complexity index is 244. The molecule has 7 heteroatoms. The molecule has 0 saturated carbocycles. The van der Waals surface area contributed by atoms with Crippen molar-refractivity contribution >= 4 is 63.8 Å². The summed E-state index contributed by atoms with van der Waals surface area (Å²) in [6.45, 7) is 8.77. The van der Waals surface area contributed by atoms with E-state index in [0.717, 1.165) is 6.42 Å². The van der Waals surface area contributed by atoms with Crippen LogP contribution in [0.3, 0.4) is 0 Å². The summed E-state index contributed by atoms with van der Waals surface area (Å²) in [5, 5.41) is 10.4. The highest BCUT2D eigenvalue weighted by Gasteiger charge is 2.33. The van der Waals surface area contributed by atoms with E-state index in [1.54, 1.807) is 0 Å². The van der Waals surface area contributed by atoms with Gasteiger partial charge < -0.3 is 10.4 Å². The Morgan fingerprint density at radius 2 is 1.72 bits per heavy atom. The van der Waals surface area contributed by atoms with E-state index >= 15 is 0 Å². The van der Waals surface area contributed by atoms with E-state index in [-0.39, 0.29) is 16.0 Å². The minimum absolute atomic E-state index is 0.0193. The summed E-state index contributed by atoms with van der Waals surface area (Å²) in [5.74, 6) is 0. The largest absolute Gasteiger partial charge is 0.487 e. The van der Waals surface area contributed by atoms with Crippen molar-refractivity contribution in [3.05, 3.63) is 0 Å². The van der Waals surface area contributed by atoms with Crippen LogP contribution in [0.2, 0.25) is 0 Å². The minimum atomic E-state index is -1.24. The monoisotopic (exact) mass is 355 g/mol. The molecule has 2 nitrogen and oxygen atoms in total. The predicted molar refractivity (Wildman–Crippen MR) is 87.5 cm³/mol. The topological polar surface area (TPSA) is 32.3 Å². The number of thiocarbonyl (C=S) groups is 1. The molecule has 110 valence electrons. The number of hydrogen-bond acceptors (Lipinski definition) is 1. The third-order valence-electron chi connectivity index (χ3n) is 2.50. The van der Waals surface area contributed by atoms with Crippen LogP contribution in [0.5, 0.6) is 0 Å². The van der Waals surface area contributed by atoms with Gasteiger partial charge in [-0.15, -0.1) is 11.6 Å². The van der Waals surface area contributed by atoms with Crippen molar-refractivity contribution < 1.29 is 5.11 Å². The molecule has 0 amide bonds. The molecular weight excluding hydrogens is 336 g/mol. The Labute approximate surface area is 135 Å². The summed E-state index contributed by atoms with van der Waals surface area (Å²) in [4.78, 5) is 0. The molecule has 0 heterocycles. The molecule has 0 radical (unpaired) electrons. The molecule has 0 aromatic rings. The summed E-state index contributed by atoms with van der Waals surface area (Å²) in [6.07, 6.45) is 1.36. The zero-order chi connectivity index (χ0) is 15.0. The van der Waals surface area contributed by atoms with Gasteiger partial charge in [-0.2, -0.15) is 0 Å². The quantitative estimate of drug-likeness (QED) is 0.534. The maximum atomic E-state index is 8.17. The van der Waals surface area contributed by atoms with Gasteiger partial charge in [-0.3, -0.25) is 0 Å². The van der Waals surface area contributed by atoms with Gasteiger partial charge in [-0.1, -0.05) is 55.6 Å². The third kappa shape index (κ3) is 13.3. The maximum absolute atomic E-state index is 8.17. The van der Waals surface area contributed by atoms with Crippen LogP contribution < -0.4 is 5.32 Å². The number of nitrogens with one attached hydrogen (secondary N) is 1. The van der Waals surface area contributed by atoms with Crippen LogP contribution in [0.15, 0.2) is 0 Å². The molecule has 0 spiro atoms. The van der Waals surface area contributed by atoms with Gasteiger partial charge in [-0.25, -0.2) is 0 Å². The highest BCUT2D eigenvalue weighted by atomic mass is 35.6. The molecule has 0 aliphatic heterocycles. The summed E-state index contributed by atoms with van der Waals surface area (Å²) in [7, 11) is 0. The number of aliphatic hydroxyl groups excluding tert-OH is 1. The first-order valence-corrected chi connectivity index (χ1v) is 7.61. The number of rotatable bonds is 4. The van der Waals surface area contributed by atoms with Crippen molar-refractivity contribution in [1.29, 1.82) is 0 Å². The van der Waals surface area contributed by atoms with Gasteiger partial charge in [0.15, 0.2) is 3.79 Å². The summed E-state index contributed by atoms with van der Waals surface area (Å²) < 4.78 is -1.24.